The summed E-state index contributed by atoms with van der Waals surface area (Å²) in [5.74, 6) is -1.21. The molecule has 0 bridgehead atoms. The average Bonchev–Trinajstić information content (AvgIpc) is 3.03. The van der Waals surface area contributed by atoms with Crippen LogP contribution in [0.2, 0.25) is 0 Å². The fraction of sp³-hybridized carbons (Fsp3) is 1.00. The summed E-state index contributed by atoms with van der Waals surface area (Å²) in [6.07, 6.45) is 0.613. The van der Waals surface area contributed by atoms with Gasteiger partial charge in [0.2, 0.25) is 0 Å². The molecule has 2 fully saturated rings. The molecule has 18 heavy (non-hydrogen) atoms. The number of nitrogens with zero attached hydrogens (tertiary/aromatic N) is 1. The van der Waals surface area contributed by atoms with Gasteiger partial charge < -0.3 is 10.2 Å². The zero-order chi connectivity index (χ0) is 13.2. The van der Waals surface area contributed by atoms with E-state index in [0.717, 1.165) is 25.9 Å². The fourth-order valence-corrected chi connectivity index (χ4v) is 3.01. The highest BCUT2D eigenvalue weighted by molar-refractivity contribution is 4.96. The van der Waals surface area contributed by atoms with Gasteiger partial charge in [-0.3, -0.25) is 0 Å². The number of hydrogen-bond acceptors (Lipinski definition) is 2. The van der Waals surface area contributed by atoms with E-state index in [1.165, 1.54) is 12.8 Å². The van der Waals surface area contributed by atoms with Crippen molar-refractivity contribution in [3.05, 3.63) is 0 Å². The van der Waals surface area contributed by atoms with Gasteiger partial charge in [0, 0.05) is 32.7 Å². The second kappa shape index (κ2) is 5.37. The van der Waals surface area contributed by atoms with E-state index in [0.29, 0.717) is 12.0 Å². The Balaban J connectivity index is 1.91. The van der Waals surface area contributed by atoms with Crippen molar-refractivity contribution in [3.63, 3.8) is 0 Å². The van der Waals surface area contributed by atoms with E-state index >= 15 is 0 Å². The normalized spacial score (nSPS) is 29.0. The molecule has 0 aromatic heterocycles. The van der Waals surface area contributed by atoms with Crippen LogP contribution in [0.1, 0.15) is 32.6 Å². The summed E-state index contributed by atoms with van der Waals surface area (Å²) in [5.41, 5.74) is 0.342. The maximum Gasteiger partial charge on any atom is 0.394 e. The molecule has 2 nitrogen and oxygen atoms in total. The monoisotopic (exact) mass is 264 g/mol. The van der Waals surface area contributed by atoms with Crippen LogP contribution in [0, 0.1) is 11.3 Å². The third kappa shape index (κ3) is 3.60. The molecule has 1 aliphatic carbocycles. The van der Waals surface area contributed by atoms with Crippen LogP contribution in [0.15, 0.2) is 0 Å². The molecule has 1 atom stereocenters. The molecule has 0 spiro atoms. The summed E-state index contributed by atoms with van der Waals surface area (Å²) < 4.78 is 38.5. The predicted molar refractivity (Wildman–Crippen MR) is 65.4 cm³/mol. The molecule has 106 valence electrons. The first-order chi connectivity index (χ1) is 8.45. The molecule has 1 aliphatic heterocycles. The van der Waals surface area contributed by atoms with Gasteiger partial charge in [0.1, 0.15) is 0 Å². The topological polar surface area (TPSA) is 15.3 Å². The van der Waals surface area contributed by atoms with Crippen molar-refractivity contribution in [1.82, 2.24) is 10.2 Å². The maximum atomic E-state index is 12.8. The first-order valence-electron chi connectivity index (χ1n) is 6.95. The molecule has 1 saturated heterocycles. The highest BCUT2D eigenvalue weighted by Gasteiger charge is 2.45. The second-order valence-electron chi connectivity index (χ2n) is 5.93. The zero-order valence-corrected chi connectivity index (χ0v) is 11.0. The van der Waals surface area contributed by atoms with Crippen LogP contribution >= 0.6 is 0 Å². The van der Waals surface area contributed by atoms with Crippen molar-refractivity contribution in [1.29, 1.82) is 0 Å². The molecular weight excluding hydrogens is 241 g/mol. The van der Waals surface area contributed by atoms with Gasteiger partial charge >= 0.3 is 6.18 Å². The van der Waals surface area contributed by atoms with Crippen molar-refractivity contribution in [3.8, 4) is 0 Å². The minimum absolute atomic E-state index is 0.0702. The summed E-state index contributed by atoms with van der Waals surface area (Å²) in [4.78, 5) is 2.03. The summed E-state index contributed by atoms with van der Waals surface area (Å²) in [6.45, 7) is 4.67. The van der Waals surface area contributed by atoms with E-state index < -0.39 is 12.1 Å². The first-order valence-corrected chi connectivity index (χ1v) is 6.95. The van der Waals surface area contributed by atoms with Gasteiger partial charge in [-0.2, -0.15) is 13.2 Å². The lowest BCUT2D eigenvalue weighted by Crippen LogP contribution is -2.40. The van der Waals surface area contributed by atoms with Crippen LogP contribution in [-0.4, -0.2) is 43.8 Å². The van der Waals surface area contributed by atoms with E-state index in [-0.39, 0.29) is 13.1 Å². The summed E-state index contributed by atoms with van der Waals surface area (Å²) in [7, 11) is 0. The average molecular weight is 264 g/mol. The fourth-order valence-electron chi connectivity index (χ4n) is 3.01. The van der Waals surface area contributed by atoms with Crippen LogP contribution in [0.5, 0.6) is 0 Å². The molecule has 1 N–H and O–H groups in total. The SMILES string of the molecule is CCCC1(CN2CCNCC(C(F)(F)F)C2)CC1. The lowest BCUT2D eigenvalue weighted by molar-refractivity contribution is -0.176. The molecule has 2 rings (SSSR count). The minimum Gasteiger partial charge on any atom is -0.315 e. The van der Waals surface area contributed by atoms with Crippen molar-refractivity contribution in [2.75, 3.05) is 32.7 Å². The van der Waals surface area contributed by atoms with Gasteiger partial charge in [0.05, 0.1) is 5.92 Å². The molecule has 5 heteroatoms. The quantitative estimate of drug-likeness (QED) is 0.839. The first kappa shape index (κ1) is 14.1. The van der Waals surface area contributed by atoms with Gasteiger partial charge in [-0.1, -0.05) is 13.3 Å². The van der Waals surface area contributed by atoms with Gasteiger partial charge in [0.25, 0.3) is 0 Å². The number of hydrogen-bond donors (Lipinski definition) is 1. The third-order valence-corrected chi connectivity index (χ3v) is 4.23. The molecule has 0 aromatic rings. The van der Waals surface area contributed by atoms with Gasteiger partial charge in [0.15, 0.2) is 0 Å². The Kier molecular flexibility index (Phi) is 4.22. The van der Waals surface area contributed by atoms with Crippen LogP contribution in [0.4, 0.5) is 13.2 Å². The Bertz CT molecular complexity index is 274. The number of halogens is 3. The third-order valence-electron chi connectivity index (χ3n) is 4.23. The van der Waals surface area contributed by atoms with Gasteiger partial charge in [-0.15, -0.1) is 0 Å². The molecule has 0 aromatic carbocycles. The van der Waals surface area contributed by atoms with Crippen LogP contribution in [-0.2, 0) is 0 Å². The molecule has 2 aliphatic rings. The van der Waals surface area contributed by atoms with E-state index in [1.54, 1.807) is 0 Å². The molecular formula is C13H23F3N2. The van der Waals surface area contributed by atoms with Crippen molar-refractivity contribution < 1.29 is 13.2 Å². The second-order valence-corrected chi connectivity index (χ2v) is 5.93. The molecule has 1 heterocycles. The maximum absolute atomic E-state index is 12.8. The highest BCUT2D eigenvalue weighted by atomic mass is 19.4. The van der Waals surface area contributed by atoms with Gasteiger partial charge in [-0.25, -0.2) is 0 Å². The molecule has 0 radical (unpaired) electrons. The molecule has 1 saturated carbocycles. The highest BCUT2D eigenvalue weighted by Crippen LogP contribution is 2.50. The lowest BCUT2D eigenvalue weighted by Gasteiger charge is -2.29. The Hall–Kier alpha value is -0.290. The van der Waals surface area contributed by atoms with Crippen molar-refractivity contribution in [2.45, 2.75) is 38.8 Å². The summed E-state index contributed by atoms with van der Waals surface area (Å²) >= 11 is 0. The molecule has 0 amide bonds. The van der Waals surface area contributed by atoms with E-state index in [4.69, 9.17) is 0 Å². The summed E-state index contributed by atoms with van der Waals surface area (Å²) in [6, 6.07) is 0. The Morgan fingerprint density at radius 1 is 1.33 bits per heavy atom. The van der Waals surface area contributed by atoms with E-state index in [9.17, 15) is 13.2 Å². The largest absolute Gasteiger partial charge is 0.394 e. The minimum atomic E-state index is -4.07. The van der Waals surface area contributed by atoms with Crippen molar-refractivity contribution in [2.24, 2.45) is 11.3 Å². The Morgan fingerprint density at radius 2 is 2.06 bits per heavy atom. The zero-order valence-electron chi connectivity index (χ0n) is 11.0. The Morgan fingerprint density at radius 3 is 2.61 bits per heavy atom. The summed E-state index contributed by atoms with van der Waals surface area (Å²) in [5, 5.41) is 2.91. The van der Waals surface area contributed by atoms with Crippen molar-refractivity contribution >= 4 is 0 Å². The number of nitrogens with one attached hydrogen (secondary N) is 1. The van der Waals surface area contributed by atoms with Crippen LogP contribution in [0.25, 0.3) is 0 Å². The van der Waals surface area contributed by atoms with E-state index in [2.05, 4.69) is 12.2 Å². The number of rotatable bonds is 4. The number of alkyl halides is 3. The van der Waals surface area contributed by atoms with Crippen LogP contribution in [0.3, 0.4) is 0 Å². The van der Waals surface area contributed by atoms with Gasteiger partial charge in [-0.05, 0) is 24.7 Å². The van der Waals surface area contributed by atoms with Crippen LogP contribution < -0.4 is 5.32 Å². The smallest absolute Gasteiger partial charge is 0.315 e. The molecule has 1 unspecified atom stereocenters. The Labute approximate surface area is 107 Å². The predicted octanol–water partition coefficient (Wildman–Crippen LogP) is 2.65. The van der Waals surface area contributed by atoms with E-state index in [1.807, 2.05) is 4.90 Å². The lowest BCUT2D eigenvalue weighted by atomic mass is 9.99. The standard InChI is InChI=1S/C13H23F3N2/c1-2-3-12(4-5-12)10-18-7-6-17-8-11(9-18)13(14,15)16/h11,17H,2-10H2,1H3.